The van der Waals surface area contributed by atoms with E-state index >= 15 is 0 Å². The highest BCUT2D eigenvalue weighted by Crippen LogP contribution is 2.66. The summed E-state index contributed by atoms with van der Waals surface area (Å²) in [6, 6.07) is 28.7. The zero-order chi connectivity index (χ0) is 18.9. The molecule has 0 radical (unpaired) electrons. The van der Waals surface area contributed by atoms with Crippen LogP contribution in [0.25, 0.3) is 11.1 Å². The molecular formula is C23H24NO2P. The van der Waals surface area contributed by atoms with E-state index < -0.39 is 7.87 Å². The monoisotopic (exact) mass is 377 g/mol. The standard InChI is InChI=1S/C23H24NO2P/c1-18-23(21-13-7-4-8-14-21)26-27(25,24(18)2)17-19-10-9-15-22(16-19)20-11-5-3-6-12-20/h3-16,18,23H,17H2,1-2H3/t18-,23-,27?/m0/s1. The molecule has 1 aliphatic heterocycles. The molecule has 0 saturated carbocycles. The van der Waals surface area contributed by atoms with Crippen LogP contribution in [0.15, 0.2) is 84.9 Å². The molecule has 0 aromatic heterocycles. The van der Waals surface area contributed by atoms with Gasteiger partial charge in [0.1, 0.15) is 12.3 Å². The third kappa shape index (κ3) is 3.69. The summed E-state index contributed by atoms with van der Waals surface area (Å²) in [7, 11) is -1.03. The van der Waals surface area contributed by atoms with Crippen molar-refractivity contribution in [3.8, 4) is 11.1 Å². The smallest absolute Gasteiger partial charge is 0.179 e. The van der Waals surface area contributed by atoms with E-state index in [2.05, 4.69) is 31.2 Å². The lowest BCUT2D eigenvalue weighted by Gasteiger charge is -2.30. The average Bonchev–Trinajstić information content (AvgIpc) is 2.94. The second-order valence-corrected chi connectivity index (χ2v) is 9.55. The minimum absolute atomic E-state index is 0.0653. The quantitative estimate of drug-likeness (QED) is 0.596. The first-order valence-corrected chi connectivity index (χ1v) is 11.0. The van der Waals surface area contributed by atoms with E-state index in [4.69, 9.17) is 4.52 Å². The van der Waals surface area contributed by atoms with Crippen LogP contribution in [0.1, 0.15) is 24.2 Å². The first-order chi connectivity index (χ1) is 13.1. The molecule has 0 spiro atoms. The van der Waals surface area contributed by atoms with E-state index in [-0.39, 0.29) is 12.1 Å². The predicted octanol–water partition coefficient (Wildman–Crippen LogP) is 5.07. The van der Waals surface area contributed by atoms with Crippen molar-refractivity contribution in [2.24, 2.45) is 0 Å². The van der Waals surface area contributed by atoms with Crippen LogP contribution in [-0.4, -0.2) is 17.8 Å². The van der Waals surface area contributed by atoms with E-state index in [1.54, 1.807) is 0 Å². The van der Waals surface area contributed by atoms with Crippen LogP contribution in [0.4, 0.5) is 0 Å². The van der Waals surface area contributed by atoms with Gasteiger partial charge in [0.2, 0.25) is 0 Å². The minimum atomic E-state index is -2.94. The first-order valence-electron chi connectivity index (χ1n) is 9.27. The molecule has 4 rings (SSSR count). The third-order valence-electron chi connectivity index (χ3n) is 5.33. The van der Waals surface area contributed by atoms with Gasteiger partial charge in [0.25, 0.3) is 0 Å². The van der Waals surface area contributed by atoms with Gasteiger partial charge in [-0.1, -0.05) is 78.9 Å². The molecular weight excluding hydrogens is 353 g/mol. The summed E-state index contributed by atoms with van der Waals surface area (Å²) in [6.07, 6.45) is 0.247. The number of rotatable bonds is 4. The van der Waals surface area contributed by atoms with Crippen molar-refractivity contribution < 1.29 is 9.42 Å². The lowest BCUT2D eigenvalue weighted by Crippen LogP contribution is -2.29. The Morgan fingerprint density at radius 3 is 2.22 bits per heavy atom. The number of hydrogen-bond donors (Lipinski definition) is 0. The average molecular weight is 377 g/mol. The van der Waals surface area contributed by atoms with Crippen molar-refractivity contribution >= 4 is 7.87 Å². The van der Waals surface area contributed by atoms with Crippen LogP contribution < -0.4 is 4.89 Å². The Morgan fingerprint density at radius 2 is 1.52 bits per heavy atom. The van der Waals surface area contributed by atoms with Crippen LogP contribution in [0.5, 0.6) is 0 Å². The maximum absolute atomic E-state index is 13.7. The Hall–Kier alpha value is -2.03. The van der Waals surface area contributed by atoms with E-state index in [1.807, 2.05) is 72.4 Å². The van der Waals surface area contributed by atoms with E-state index in [0.29, 0.717) is 6.16 Å². The molecule has 3 aromatic rings. The van der Waals surface area contributed by atoms with Gasteiger partial charge < -0.3 is 4.89 Å². The maximum Gasteiger partial charge on any atom is 0.179 e. The van der Waals surface area contributed by atoms with E-state index in [1.165, 1.54) is 0 Å². The molecule has 0 N–H and O–H groups in total. The molecule has 27 heavy (non-hydrogen) atoms. The summed E-state index contributed by atoms with van der Waals surface area (Å²) in [5, 5.41) is 0. The highest BCUT2D eigenvalue weighted by atomic mass is 31.2. The molecule has 138 valence electrons. The second kappa shape index (κ2) is 7.53. The van der Waals surface area contributed by atoms with Gasteiger partial charge in [-0.15, -0.1) is 0 Å². The molecule has 0 aliphatic carbocycles. The minimum Gasteiger partial charge on any atom is -0.641 e. The van der Waals surface area contributed by atoms with Crippen LogP contribution in [0.2, 0.25) is 0 Å². The summed E-state index contributed by atoms with van der Waals surface area (Å²) in [5.41, 5.74) is 4.41. The van der Waals surface area contributed by atoms with Crippen molar-refractivity contribution in [2.45, 2.75) is 25.2 Å². The summed E-state index contributed by atoms with van der Waals surface area (Å²) in [5.74, 6) is 0. The third-order valence-corrected chi connectivity index (χ3v) is 7.98. The maximum atomic E-state index is 13.7. The lowest BCUT2D eigenvalue weighted by molar-refractivity contribution is -0.201. The van der Waals surface area contributed by atoms with E-state index in [0.717, 1.165) is 22.3 Å². The Morgan fingerprint density at radius 1 is 0.889 bits per heavy atom. The van der Waals surface area contributed by atoms with Gasteiger partial charge in [-0.2, -0.15) is 4.67 Å². The molecule has 4 heteroatoms. The fraction of sp³-hybridized carbons (Fsp3) is 0.217. The van der Waals surface area contributed by atoms with Crippen molar-refractivity contribution in [3.63, 3.8) is 0 Å². The molecule has 3 nitrogen and oxygen atoms in total. The Balaban J connectivity index is 1.59. The van der Waals surface area contributed by atoms with Crippen LogP contribution in [-0.2, 0) is 10.7 Å². The highest BCUT2D eigenvalue weighted by Gasteiger charge is 2.50. The van der Waals surface area contributed by atoms with Gasteiger partial charge in [-0.05, 0) is 35.2 Å². The fourth-order valence-corrected chi connectivity index (χ4v) is 6.09. The van der Waals surface area contributed by atoms with Crippen molar-refractivity contribution in [1.29, 1.82) is 0 Å². The molecule has 0 amide bonds. The molecule has 1 heterocycles. The Labute approximate surface area is 161 Å². The summed E-state index contributed by atoms with van der Waals surface area (Å²) in [6.45, 7) is 2.08. The lowest BCUT2D eigenvalue weighted by atomic mass is 10.0. The number of hydrogen-bond acceptors (Lipinski definition) is 3. The van der Waals surface area contributed by atoms with Crippen molar-refractivity contribution in [2.75, 3.05) is 7.05 Å². The normalized spacial score (nSPS) is 25.6. The second-order valence-electron chi connectivity index (χ2n) is 7.11. The number of likely N-dealkylation sites (N-methyl/N-ethyl adjacent to an activating group) is 1. The van der Waals surface area contributed by atoms with Crippen LogP contribution in [0, 0.1) is 0 Å². The molecule has 3 aromatic carbocycles. The van der Waals surface area contributed by atoms with Crippen molar-refractivity contribution in [3.05, 3.63) is 96.1 Å². The van der Waals surface area contributed by atoms with Gasteiger partial charge in [0, 0.05) is 7.05 Å². The number of nitrogens with zero attached hydrogens (tertiary/aromatic N) is 1. The molecule has 1 aliphatic rings. The van der Waals surface area contributed by atoms with Gasteiger partial charge in [0.05, 0.1) is 6.04 Å². The zero-order valence-corrected chi connectivity index (χ0v) is 16.6. The predicted molar refractivity (Wildman–Crippen MR) is 110 cm³/mol. The van der Waals surface area contributed by atoms with Gasteiger partial charge in [-0.25, -0.2) is 4.52 Å². The van der Waals surface area contributed by atoms with E-state index in [9.17, 15) is 4.89 Å². The summed E-state index contributed by atoms with van der Waals surface area (Å²) < 4.78 is 8.12. The van der Waals surface area contributed by atoms with Gasteiger partial charge in [0.15, 0.2) is 7.87 Å². The molecule has 3 atom stereocenters. The Kier molecular flexibility index (Phi) is 5.12. The Bertz CT molecular complexity index is 903. The van der Waals surface area contributed by atoms with Gasteiger partial charge in [-0.3, -0.25) is 0 Å². The molecule has 1 unspecified atom stereocenters. The van der Waals surface area contributed by atoms with Gasteiger partial charge >= 0.3 is 0 Å². The summed E-state index contributed by atoms with van der Waals surface area (Å²) >= 11 is 0. The highest BCUT2D eigenvalue weighted by molar-refractivity contribution is 7.61. The zero-order valence-electron chi connectivity index (χ0n) is 15.7. The van der Waals surface area contributed by atoms with Crippen LogP contribution in [0.3, 0.4) is 0 Å². The SMILES string of the molecule is C[C@H]1[C@@H](c2ccccc2)O[P+]([O-])(Cc2cccc(-c3ccccc3)c2)N1C. The fourth-order valence-electron chi connectivity index (χ4n) is 3.65. The topological polar surface area (TPSA) is 35.5 Å². The largest absolute Gasteiger partial charge is 0.641 e. The molecule has 0 bridgehead atoms. The van der Waals surface area contributed by atoms with Crippen molar-refractivity contribution in [1.82, 2.24) is 4.67 Å². The number of benzene rings is 3. The molecule has 1 fully saturated rings. The van der Waals surface area contributed by atoms with Crippen LogP contribution >= 0.6 is 7.87 Å². The summed E-state index contributed by atoms with van der Waals surface area (Å²) in [4.78, 5) is 13.7. The molecule has 1 saturated heterocycles. The first kappa shape index (κ1) is 18.3.